The molecule has 5 heteroatoms. The van der Waals surface area contributed by atoms with Crippen LogP contribution in [0, 0.1) is 10.1 Å². The predicted octanol–water partition coefficient (Wildman–Crippen LogP) is 3.09. The molecule has 4 nitrogen and oxygen atoms in total. The Labute approximate surface area is 103 Å². The zero-order valence-corrected chi connectivity index (χ0v) is 10.4. The molecule has 16 heavy (non-hydrogen) atoms. The average Bonchev–Trinajstić information content (AvgIpc) is 2.81. The number of anilines is 1. The Bertz CT molecular complexity index is 403. The van der Waals surface area contributed by atoms with Gasteiger partial charge in [-0.25, -0.2) is 0 Å². The summed E-state index contributed by atoms with van der Waals surface area (Å²) in [6.45, 7) is 2.00. The topological polar surface area (TPSA) is 46.4 Å². The largest absolute Gasteiger partial charge is 0.371 e. The lowest BCUT2D eigenvalue weighted by Gasteiger charge is -2.20. The van der Waals surface area contributed by atoms with Gasteiger partial charge < -0.3 is 4.90 Å². The van der Waals surface area contributed by atoms with Gasteiger partial charge in [0.2, 0.25) is 0 Å². The van der Waals surface area contributed by atoms with Crippen molar-refractivity contribution >= 4 is 27.3 Å². The molecule has 0 aliphatic carbocycles. The van der Waals surface area contributed by atoms with E-state index in [2.05, 4.69) is 20.8 Å². The summed E-state index contributed by atoms with van der Waals surface area (Å²) in [7, 11) is 0. The van der Waals surface area contributed by atoms with Crippen molar-refractivity contribution < 1.29 is 4.92 Å². The number of benzene rings is 1. The molecule has 0 saturated carbocycles. The Hall–Kier alpha value is -1.10. The number of hydrogen-bond acceptors (Lipinski definition) is 3. The van der Waals surface area contributed by atoms with Crippen LogP contribution < -0.4 is 4.90 Å². The summed E-state index contributed by atoms with van der Waals surface area (Å²) >= 11 is 3.34. The summed E-state index contributed by atoms with van der Waals surface area (Å²) in [5.74, 6) is 0. The molecule has 1 heterocycles. The maximum Gasteiger partial charge on any atom is 0.275 e. The van der Waals surface area contributed by atoms with E-state index in [0.717, 1.165) is 24.3 Å². The van der Waals surface area contributed by atoms with E-state index in [1.54, 1.807) is 12.1 Å². The van der Waals surface area contributed by atoms with E-state index in [1.807, 2.05) is 6.07 Å². The minimum absolute atomic E-state index is 0.210. The number of alkyl halides is 1. The summed E-state index contributed by atoms with van der Waals surface area (Å²) in [4.78, 5) is 12.8. The number of halogens is 1. The molecule has 0 aromatic heterocycles. The fourth-order valence-electron chi connectivity index (χ4n) is 2.13. The van der Waals surface area contributed by atoms with Crippen molar-refractivity contribution in [1.82, 2.24) is 0 Å². The van der Waals surface area contributed by atoms with Crippen LogP contribution in [0.5, 0.6) is 0 Å². The number of hydrogen-bond donors (Lipinski definition) is 0. The summed E-state index contributed by atoms with van der Waals surface area (Å²) in [5, 5.41) is 11.4. The Morgan fingerprint density at radius 2 is 2.06 bits per heavy atom. The number of rotatable bonds is 3. The molecule has 0 amide bonds. The highest BCUT2D eigenvalue weighted by Gasteiger charge is 2.21. The lowest BCUT2D eigenvalue weighted by molar-refractivity contribution is -0.385. The van der Waals surface area contributed by atoms with Gasteiger partial charge in [-0.2, -0.15) is 0 Å². The molecule has 0 unspecified atom stereocenters. The van der Waals surface area contributed by atoms with E-state index in [4.69, 9.17) is 0 Å². The maximum absolute atomic E-state index is 10.9. The van der Waals surface area contributed by atoms with Crippen molar-refractivity contribution in [2.45, 2.75) is 18.2 Å². The fourth-order valence-corrected chi connectivity index (χ4v) is 2.70. The molecule has 1 aliphatic heterocycles. The molecular weight excluding hydrogens is 272 g/mol. The minimum atomic E-state index is -0.309. The van der Waals surface area contributed by atoms with Gasteiger partial charge in [-0.15, -0.1) is 0 Å². The first-order chi connectivity index (χ1) is 7.74. The summed E-state index contributed by atoms with van der Waals surface area (Å²) in [6.07, 6.45) is 2.34. The van der Waals surface area contributed by atoms with E-state index in [-0.39, 0.29) is 10.6 Å². The van der Waals surface area contributed by atoms with Crippen molar-refractivity contribution in [2.24, 2.45) is 0 Å². The van der Waals surface area contributed by atoms with Gasteiger partial charge in [-0.05, 0) is 18.9 Å². The monoisotopic (exact) mass is 284 g/mol. The first-order valence-corrected chi connectivity index (χ1v) is 6.43. The highest BCUT2D eigenvalue weighted by atomic mass is 79.9. The van der Waals surface area contributed by atoms with E-state index >= 15 is 0 Å². The molecule has 1 fully saturated rings. The van der Waals surface area contributed by atoms with Crippen LogP contribution in [0.1, 0.15) is 18.4 Å². The molecular formula is C11H13BrN2O2. The summed E-state index contributed by atoms with van der Waals surface area (Å²) < 4.78 is 0. The van der Waals surface area contributed by atoms with Gasteiger partial charge in [0, 0.05) is 30.2 Å². The van der Waals surface area contributed by atoms with Crippen molar-refractivity contribution in [3.63, 3.8) is 0 Å². The van der Waals surface area contributed by atoms with Crippen LogP contribution in [-0.4, -0.2) is 18.0 Å². The van der Waals surface area contributed by atoms with Crippen molar-refractivity contribution in [3.8, 4) is 0 Å². The number of nitro groups is 1. The fraction of sp³-hybridized carbons (Fsp3) is 0.455. The second-order valence-electron chi connectivity index (χ2n) is 3.86. The SMILES string of the molecule is O=[N+]([O-])c1cccc(N2CCCC2)c1CBr. The normalized spacial score (nSPS) is 15.4. The van der Waals surface area contributed by atoms with Crippen LogP contribution >= 0.6 is 15.9 Å². The highest BCUT2D eigenvalue weighted by molar-refractivity contribution is 9.08. The minimum Gasteiger partial charge on any atom is -0.371 e. The zero-order chi connectivity index (χ0) is 11.5. The lowest BCUT2D eigenvalue weighted by atomic mass is 10.1. The van der Waals surface area contributed by atoms with Gasteiger partial charge in [0.25, 0.3) is 5.69 Å². The number of nitrogens with zero attached hydrogens (tertiary/aromatic N) is 2. The predicted molar refractivity (Wildman–Crippen MR) is 67.2 cm³/mol. The van der Waals surface area contributed by atoms with Crippen LogP contribution in [0.25, 0.3) is 0 Å². The second kappa shape index (κ2) is 4.82. The number of nitro benzene ring substituents is 1. The molecule has 1 aliphatic rings. The standard InChI is InChI=1S/C11H13BrN2O2/c12-8-9-10(13-6-1-2-7-13)4-3-5-11(9)14(15)16/h3-5H,1-2,6-8H2. The molecule has 1 aromatic carbocycles. The van der Waals surface area contributed by atoms with Gasteiger partial charge in [0.15, 0.2) is 0 Å². The molecule has 0 atom stereocenters. The molecule has 0 radical (unpaired) electrons. The molecule has 86 valence electrons. The summed E-state index contributed by atoms with van der Waals surface area (Å²) in [6, 6.07) is 5.29. The van der Waals surface area contributed by atoms with Crippen LogP contribution in [0.3, 0.4) is 0 Å². The molecule has 0 spiro atoms. The lowest BCUT2D eigenvalue weighted by Crippen LogP contribution is -2.19. The molecule has 1 aromatic rings. The van der Waals surface area contributed by atoms with Crippen LogP contribution in [0.2, 0.25) is 0 Å². The Morgan fingerprint density at radius 1 is 1.38 bits per heavy atom. The van der Waals surface area contributed by atoms with Crippen molar-refractivity contribution in [1.29, 1.82) is 0 Å². The third kappa shape index (κ3) is 2.04. The quantitative estimate of drug-likeness (QED) is 0.487. The smallest absolute Gasteiger partial charge is 0.275 e. The van der Waals surface area contributed by atoms with Crippen LogP contribution in [0.4, 0.5) is 11.4 Å². The Kier molecular flexibility index (Phi) is 3.43. The van der Waals surface area contributed by atoms with Gasteiger partial charge in [0.1, 0.15) is 0 Å². The molecule has 0 N–H and O–H groups in total. The second-order valence-corrected chi connectivity index (χ2v) is 4.42. The zero-order valence-electron chi connectivity index (χ0n) is 8.86. The third-order valence-electron chi connectivity index (χ3n) is 2.90. The third-order valence-corrected chi connectivity index (χ3v) is 3.46. The van der Waals surface area contributed by atoms with E-state index in [0.29, 0.717) is 5.33 Å². The molecule has 1 saturated heterocycles. The van der Waals surface area contributed by atoms with Gasteiger partial charge in [0.05, 0.1) is 10.5 Å². The van der Waals surface area contributed by atoms with E-state index < -0.39 is 0 Å². The van der Waals surface area contributed by atoms with Gasteiger partial charge in [-0.1, -0.05) is 22.0 Å². The molecule has 2 rings (SSSR count). The van der Waals surface area contributed by atoms with E-state index in [1.165, 1.54) is 12.8 Å². The first kappa shape index (κ1) is 11.4. The maximum atomic E-state index is 10.9. The Morgan fingerprint density at radius 3 is 2.62 bits per heavy atom. The van der Waals surface area contributed by atoms with Crippen molar-refractivity contribution in [2.75, 3.05) is 18.0 Å². The highest BCUT2D eigenvalue weighted by Crippen LogP contribution is 2.32. The molecule has 0 bridgehead atoms. The van der Waals surface area contributed by atoms with Crippen LogP contribution in [-0.2, 0) is 5.33 Å². The average molecular weight is 285 g/mol. The van der Waals surface area contributed by atoms with Crippen molar-refractivity contribution in [3.05, 3.63) is 33.9 Å². The summed E-state index contributed by atoms with van der Waals surface area (Å²) in [5.41, 5.74) is 2.00. The van der Waals surface area contributed by atoms with E-state index in [9.17, 15) is 10.1 Å². The van der Waals surface area contributed by atoms with Gasteiger partial charge in [-0.3, -0.25) is 10.1 Å². The Balaban J connectivity index is 2.43. The van der Waals surface area contributed by atoms with Crippen LogP contribution in [0.15, 0.2) is 18.2 Å². The van der Waals surface area contributed by atoms with Gasteiger partial charge >= 0.3 is 0 Å². The first-order valence-electron chi connectivity index (χ1n) is 5.31.